The Morgan fingerprint density at radius 2 is 1.71 bits per heavy atom. The van der Waals surface area contributed by atoms with Crippen LogP contribution in [0.4, 0.5) is 0 Å². The summed E-state index contributed by atoms with van der Waals surface area (Å²) in [5.41, 5.74) is 1.28. The highest BCUT2D eigenvalue weighted by Gasteiger charge is 2.44. The van der Waals surface area contributed by atoms with E-state index in [4.69, 9.17) is 14.2 Å². The van der Waals surface area contributed by atoms with E-state index >= 15 is 0 Å². The van der Waals surface area contributed by atoms with E-state index in [1.165, 1.54) is 24.3 Å². The van der Waals surface area contributed by atoms with Gasteiger partial charge in [-0.15, -0.1) is 0 Å². The van der Waals surface area contributed by atoms with Crippen LogP contribution in [0.2, 0.25) is 0 Å². The van der Waals surface area contributed by atoms with Crippen molar-refractivity contribution >= 4 is 12.0 Å². The van der Waals surface area contributed by atoms with Crippen molar-refractivity contribution in [1.29, 1.82) is 0 Å². The number of rotatable bonds is 7. The monoisotopic (exact) mass is 432 g/mol. The first-order valence-electron chi connectivity index (χ1n) is 9.57. The number of phenols is 2. The summed E-state index contributed by atoms with van der Waals surface area (Å²) >= 11 is 0. The Balaban J connectivity index is 1.54. The van der Waals surface area contributed by atoms with Gasteiger partial charge in [0.1, 0.15) is 31.0 Å². The molecule has 3 rings (SSSR count). The first-order valence-corrected chi connectivity index (χ1v) is 9.57. The van der Waals surface area contributed by atoms with Crippen LogP contribution >= 0.6 is 0 Å². The van der Waals surface area contributed by atoms with Crippen molar-refractivity contribution in [3.63, 3.8) is 0 Å². The van der Waals surface area contributed by atoms with Gasteiger partial charge in [-0.25, -0.2) is 4.79 Å². The number of hydrogen-bond acceptors (Lipinski definition) is 9. The molecule has 0 aromatic heterocycles. The Bertz CT molecular complexity index is 899. The first kappa shape index (κ1) is 22.7. The smallest absolute Gasteiger partial charge is 0.330 e. The highest BCUT2D eigenvalue weighted by atomic mass is 16.7. The maximum absolute atomic E-state index is 12.0. The molecule has 0 amide bonds. The molecule has 1 aliphatic heterocycles. The zero-order valence-electron chi connectivity index (χ0n) is 16.4. The van der Waals surface area contributed by atoms with Crippen molar-refractivity contribution in [2.45, 2.75) is 37.3 Å². The van der Waals surface area contributed by atoms with Crippen LogP contribution in [0.1, 0.15) is 11.1 Å². The standard InChI is InChI=1S/C22H24O9/c23-15-8-6-13(10-16(15)24)7-9-18(25)29-12-17-19(26)20(27)21(28)22(31-17)30-11-14-4-2-1-3-5-14/h1-10,17,19-24,26-28H,11-12H2/b9-7+/t17-,19-,20+,21-,22-/m1/s1. The fourth-order valence-corrected chi connectivity index (χ4v) is 2.97. The van der Waals surface area contributed by atoms with E-state index in [1.54, 1.807) is 0 Å². The lowest BCUT2D eigenvalue weighted by atomic mass is 9.99. The highest BCUT2D eigenvalue weighted by molar-refractivity contribution is 5.87. The Labute approximate surface area is 178 Å². The average molecular weight is 432 g/mol. The highest BCUT2D eigenvalue weighted by Crippen LogP contribution is 2.26. The topological polar surface area (TPSA) is 146 Å². The van der Waals surface area contributed by atoms with Gasteiger partial charge in [0.15, 0.2) is 17.8 Å². The van der Waals surface area contributed by atoms with Crippen molar-refractivity contribution < 1.29 is 44.5 Å². The first-order chi connectivity index (χ1) is 14.8. The second-order valence-electron chi connectivity index (χ2n) is 7.02. The minimum Gasteiger partial charge on any atom is -0.504 e. The number of aromatic hydroxyl groups is 2. The number of aliphatic hydroxyl groups is 3. The minimum atomic E-state index is -1.55. The lowest BCUT2D eigenvalue weighted by molar-refractivity contribution is -0.304. The molecule has 1 aliphatic rings. The number of benzene rings is 2. The third-order valence-corrected chi connectivity index (χ3v) is 4.73. The molecular formula is C22H24O9. The van der Waals surface area contributed by atoms with Crippen LogP contribution in [0.5, 0.6) is 11.5 Å². The minimum absolute atomic E-state index is 0.111. The number of ether oxygens (including phenoxy) is 3. The van der Waals surface area contributed by atoms with E-state index in [-0.39, 0.29) is 24.7 Å². The molecule has 0 saturated carbocycles. The van der Waals surface area contributed by atoms with Crippen LogP contribution in [0.15, 0.2) is 54.6 Å². The van der Waals surface area contributed by atoms with Gasteiger partial charge in [-0.3, -0.25) is 0 Å². The van der Waals surface area contributed by atoms with Crippen molar-refractivity contribution in [1.82, 2.24) is 0 Å². The van der Waals surface area contributed by atoms with E-state index < -0.39 is 36.7 Å². The van der Waals surface area contributed by atoms with Crippen molar-refractivity contribution in [3.05, 3.63) is 65.7 Å². The Hall–Kier alpha value is -2.95. The van der Waals surface area contributed by atoms with Crippen LogP contribution in [-0.4, -0.2) is 68.8 Å². The summed E-state index contributed by atoms with van der Waals surface area (Å²) in [6, 6.07) is 13.2. The Kier molecular flexibility index (Phi) is 7.61. The number of aliphatic hydroxyl groups excluding tert-OH is 3. The van der Waals surface area contributed by atoms with Crippen LogP contribution in [0.3, 0.4) is 0 Å². The third-order valence-electron chi connectivity index (χ3n) is 4.73. The molecule has 1 heterocycles. The van der Waals surface area contributed by atoms with Crippen molar-refractivity contribution in [3.8, 4) is 11.5 Å². The van der Waals surface area contributed by atoms with Gasteiger partial charge in [0.25, 0.3) is 0 Å². The molecular weight excluding hydrogens is 408 g/mol. The molecule has 0 bridgehead atoms. The largest absolute Gasteiger partial charge is 0.504 e. The zero-order chi connectivity index (χ0) is 22.4. The average Bonchev–Trinajstić information content (AvgIpc) is 2.78. The lowest BCUT2D eigenvalue weighted by Gasteiger charge is -2.39. The summed E-state index contributed by atoms with van der Waals surface area (Å²) in [5, 5.41) is 49.1. The Morgan fingerprint density at radius 1 is 0.968 bits per heavy atom. The molecule has 1 fully saturated rings. The predicted molar refractivity (Wildman–Crippen MR) is 108 cm³/mol. The number of carbonyl (C=O) groups is 1. The van der Waals surface area contributed by atoms with E-state index in [9.17, 15) is 30.3 Å². The maximum Gasteiger partial charge on any atom is 0.330 e. The van der Waals surface area contributed by atoms with E-state index in [2.05, 4.69) is 0 Å². The van der Waals surface area contributed by atoms with E-state index in [0.29, 0.717) is 5.56 Å². The van der Waals surface area contributed by atoms with Gasteiger partial charge in [-0.1, -0.05) is 36.4 Å². The SMILES string of the molecule is O=C(/C=C/c1ccc(O)c(O)c1)OC[C@H]1O[C@@H](OCc2ccccc2)[C@H](O)[C@@H](O)[C@@H]1O. The van der Waals surface area contributed by atoms with Gasteiger partial charge in [-0.2, -0.15) is 0 Å². The zero-order valence-corrected chi connectivity index (χ0v) is 16.4. The molecule has 1 saturated heterocycles. The molecule has 166 valence electrons. The molecule has 9 nitrogen and oxygen atoms in total. The van der Waals surface area contributed by atoms with Gasteiger partial charge < -0.3 is 39.7 Å². The Morgan fingerprint density at radius 3 is 2.42 bits per heavy atom. The van der Waals surface area contributed by atoms with Gasteiger partial charge in [-0.05, 0) is 29.3 Å². The molecule has 9 heteroatoms. The third kappa shape index (κ3) is 6.03. The summed E-state index contributed by atoms with van der Waals surface area (Å²) in [5.74, 6) is -1.37. The second kappa shape index (κ2) is 10.4. The summed E-state index contributed by atoms with van der Waals surface area (Å²) in [4.78, 5) is 12.0. The van der Waals surface area contributed by atoms with E-state index in [1.807, 2.05) is 30.3 Å². The van der Waals surface area contributed by atoms with Crippen LogP contribution in [-0.2, 0) is 25.6 Å². The summed E-state index contributed by atoms with van der Waals surface area (Å²) < 4.78 is 16.1. The molecule has 0 unspecified atom stereocenters. The molecule has 0 aliphatic carbocycles. The molecule has 5 atom stereocenters. The van der Waals surface area contributed by atoms with Crippen LogP contribution in [0, 0.1) is 0 Å². The fourth-order valence-electron chi connectivity index (χ4n) is 2.97. The number of esters is 1. The van der Waals surface area contributed by atoms with Gasteiger partial charge >= 0.3 is 5.97 Å². The second-order valence-corrected chi connectivity index (χ2v) is 7.02. The molecule has 31 heavy (non-hydrogen) atoms. The fraction of sp³-hybridized carbons (Fsp3) is 0.318. The molecule has 5 N–H and O–H groups in total. The number of carbonyl (C=O) groups excluding carboxylic acids is 1. The predicted octanol–water partition coefficient (Wildman–Crippen LogP) is 0.679. The van der Waals surface area contributed by atoms with Crippen molar-refractivity contribution in [2.75, 3.05) is 6.61 Å². The number of hydrogen-bond donors (Lipinski definition) is 5. The molecule has 0 radical (unpaired) electrons. The molecule has 2 aromatic carbocycles. The van der Waals surface area contributed by atoms with Crippen LogP contribution in [0.25, 0.3) is 6.08 Å². The molecule has 0 spiro atoms. The van der Waals surface area contributed by atoms with Gasteiger partial charge in [0.2, 0.25) is 0 Å². The summed E-state index contributed by atoms with van der Waals surface area (Å²) in [6.07, 6.45) is -4.40. The lowest BCUT2D eigenvalue weighted by Crippen LogP contribution is -2.59. The van der Waals surface area contributed by atoms with Gasteiger partial charge in [0, 0.05) is 6.08 Å². The maximum atomic E-state index is 12.0. The van der Waals surface area contributed by atoms with Crippen molar-refractivity contribution in [2.24, 2.45) is 0 Å². The molecule has 2 aromatic rings. The normalized spacial score (nSPS) is 26.1. The summed E-state index contributed by atoms with van der Waals surface area (Å²) in [6.45, 7) is -0.278. The number of phenolic OH excluding ortho intramolecular Hbond substituents is 2. The quantitative estimate of drug-likeness (QED) is 0.242. The van der Waals surface area contributed by atoms with Crippen LogP contribution < -0.4 is 0 Å². The summed E-state index contributed by atoms with van der Waals surface area (Å²) in [7, 11) is 0. The van der Waals surface area contributed by atoms with E-state index in [0.717, 1.165) is 11.6 Å². The van der Waals surface area contributed by atoms with Gasteiger partial charge in [0.05, 0.1) is 6.61 Å².